The van der Waals surface area contributed by atoms with Gasteiger partial charge in [-0.25, -0.2) is 8.78 Å². The summed E-state index contributed by atoms with van der Waals surface area (Å²) in [5.74, 6) is -1.03. The van der Waals surface area contributed by atoms with Gasteiger partial charge in [0.25, 0.3) is 0 Å². The zero-order valence-corrected chi connectivity index (χ0v) is 13.2. The van der Waals surface area contributed by atoms with Crippen molar-refractivity contribution in [2.45, 2.75) is 19.9 Å². The van der Waals surface area contributed by atoms with E-state index in [1.807, 2.05) is 25.1 Å². The largest absolute Gasteiger partial charge is 0.309 e. The van der Waals surface area contributed by atoms with Crippen molar-refractivity contribution in [2.75, 3.05) is 7.05 Å². The Labute approximate surface area is 126 Å². The molecular weight excluding hydrogens is 324 g/mol. The second kappa shape index (κ2) is 6.02. The highest BCUT2D eigenvalue weighted by Crippen LogP contribution is 2.32. The van der Waals surface area contributed by atoms with E-state index in [4.69, 9.17) is 0 Å². The monoisotopic (exact) mass is 339 g/mol. The van der Waals surface area contributed by atoms with Crippen LogP contribution in [0.5, 0.6) is 0 Å². The van der Waals surface area contributed by atoms with Crippen LogP contribution in [0.4, 0.5) is 8.78 Å². The van der Waals surface area contributed by atoms with Crippen LogP contribution in [0, 0.1) is 25.5 Å². The van der Waals surface area contributed by atoms with Gasteiger partial charge in [-0.1, -0.05) is 34.1 Å². The molecule has 0 saturated heterocycles. The number of hydrogen-bond acceptors (Lipinski definition) is 1. The van der Waals surface area contributed by atoms with Crippen molar-refractivity contribution < 1.29 is 8.78 Å². The van der Waals surface area contributed by atoms with Crippen molar-refractivity contribution in [1.82, 2.24) is 5.32 Å². The Morgan fingerprint density at radius 3 is 2.45 bits per heavy atom. The van der Waals surface area contributed by atoms with Crippen molar-refractivity contribution in [2.24, 2.45) is 0 Å². The summed E-state index contributed by atoms with van der Waals surface area (Å²) >= 11 is 3.45. The molecule has 0 spiro atoms. The maximum Gasteiger partial charge on any atom is 0.134 e. The fourth-order valence-corrected chi connectivity index (χ4v) is 2.72. The van der Waals surface area contributed by atoms with Crippen molar-refractivity contribution in [3.05, 3.63) is 68.7 Å². The topological polar surface area (TPSA) is 12.0 Å². The Kier molecular flexibility index (Phi) is 4.55. The van der Waals surface area contributed by atoms with Crippen LogP contribution in [0.25, 0.3) is 0 Å². The van der Waals surface area contributed by atoms with E-state index in [9.17, 15) is 8.78 Å². The van der Waals surface area contributed by atoms with Gasteiger partial charge in [-0.05, 0) is 49.7 Å². The first-order valence-corrected chi connectivity index (χ1v) is 7.13. The molecule has 4 heteroatoms. The van der Waals surface area contributed by atoms with Crippen LogP contribution in [0.2, 0.25) is 0 Å². The molecule has 0 aliphatic carbocycles. The third-order valence-electron chi connectivity index (χ3n) is 3.52. The van der Waals surface area contributed by atoms with Crippen molar-refractivity contribution >= 4 is 15.9 Å². The number of rotatable bonds is 3. The minimum Gasteiger partial charge on any atom is -0.309 e. The first-order chi connectivity index (χ1) is 9.47. The van der Waals surface area contributed by atoms with Gasteiger partial charge in [-0.2, -0.15) is 0 Å². The second-order valence-electron chi connectivity index (χ2n) is 4.77. The Morgan fingerprint density at radius 1 is 1.10 bits per heavy atom. The average Bonchev–Trinajstić information content (AvgIpc) is 2.43. The maximum absolute atomic E-state index is 14.3. The Morgan fingerprint density at radius 2 is 1.80 bits per heavy atom. The lowest BCUT2D eigenvalue weighted by Crippen LogP contribution is -2.22. The SMILES string of the molecule is CNC(c1cccc(Br)c1C)c1c(F)ccc(C)c1F. The van der Waals surface area contributed by atoms with Gasteiger partial charge in [0.2, 0.25) is 0 Å². The van der Waals surface area contributed by atoms with Gasteiger partial charge in [0.05, 0.1) is 6.04 Å². The summed E-state index contributed by atoms with van der Waals surface area (Å²) < 4.78 is 29.3. The molecule has 1 N–H and O–H groups in total. The van der Waals surface area contributed by atoms with Gasteiger partial charge >= 0.3 is 0 Å². The molecular formula is C16H16BrF2N. The molecule has 2 rings (SSSR count). The molecule has 2 aromatic rings. The Bertz CT molecular complexity index is 641. The number of nitrogens with one attached hydrogen (secondary N) is 1. The zero-order valence-electron chi connectivity index (χ0n) is 11.6. The molecule has 0 radical (unpaired) electrons. The molecule has 0 bridgehead atoms. The molecule has 1 nitrogen and oxygen atoms in total. The normalized spacial score (nSPS) is 12.5. The molecule has 0 aliphatic heterocycles. The summed E-state index contributed by atoms with van der Waals surface area (Å²) in [6.07, 6.45) is 0. The Hall–Kier alpha value is -1.26. The van der Waals surface area contributed by atoms with E-state index in [-0.39, 0.29) is 5.56 Å². The molecule has 106 valence electrons. The lowest BCUT2D eigenvalue weighted by Gasteiger charge is -2.22. The second-order valence-corrected chi connectivity index (χ2v) is 5.62. The predicted octanol–water partition coefficient (Wildman–Crippen LogP) is 4.65. The van der Waals surface area contributed by atoms with Crippen molar-refractivity contribution in [1.29, 1.82) is 0 Å². The number of hydrogen-bond donors (Lipinski definition) is 1. The third-order valence-corrected chi connectivity index (χ3v) is 4.38. The maximum atomic E-state index is 14.3. The van der Waals surface area contributed by atoms with Crippen molar-refractivity contribution in [3.8, 4) is 0 Å². The fraction of sp³-hybridized carbons (Fsp3) is 0.250. The molecule has 1 atom stereocenters. The Balaban J connectivity index is 2.65. The summed E-state index contributed by atoms with van der Waals surface area (Å²) in [6.45, 7) is 3.56. The summed E-state index contributed by atoms with van der Waals surface area (Å²) in [5.41, 5.74) is 2.32. The van der Waals surface area contributed by atoms with Crippen LogP contribution in [0.15, 0.2) is 34.8 Å². The van der Waals surface area contributed by atoms with Crippen LogP contribution < -0.4 is 5.32 Å². The van der Waals surface area contributed by atoms with Crippen LogP contribution in [-0.4, -0.2) is 7.05 Å². The highest BCUT2D eigenvalue weighted by atomic mass is 79.9. The molecule has 0 saturated carbocycles. The quantitative estimate of drug-likeness (QED) is 0.857. The molecule has 0 fully saturated rings. The standard InChI is InChI=1S/C16H16BrF2N/c1-9-7-8-13(18)14(15(9)19)16(20-3)11-5-4-6-12(17)10(11)2/h4-8,16,20H,1-3H3. The third kappa shape index (κ3) is 2.63. The van der Waals surface area contributed by atoms with Gasteiger partial charge < -0.3 is 5.32 Å². The number of halogens is 3. The van der Waals surface area contributed by atoms with E-state index < -0.39 is 17.7 Å². The molecule has 20 heavy (non-hydrogen) atoms. The average molecular weight is 340 g/mol. The molecule has 0 aromatic heterocycles. The molecule has 0 amide bonds. The summed E-state index contributed by atoms with van der Waals surface area (Å²) in [5, 5.41) is 3.01. The van der Waals surface area contributed by atoms with E-state index in [0.29, 0.717) is 5.56 Å². The molecule has 0 aliphatic rings. The molecule has 2 aromatic carbocycles. The summed E-state index contributed by atoms with van der Waals surface area (Å²) in [4.78, 5) is 0. The molecule has 1 unspecified atom stereocenters. The number of benzene rings is 2. The smallest absolute Gasteiger partial charge is 0.134 e. The summed E-state index contributed by atoms with van der Waals surface area (Å²) in [7, 11) is 1.70. The lowest BCUT2D eigenvalue weighted by atomic mass is 9.93. The highest BCUT2D eigenvalue weighted by molar-refractivity contribution is 9.10. The first kappa shape index (κ1) is 15.1. The zero-order chi connectivity index (χ0) is 14.9. The van der Waals surface area contributed by atoms with Crippen LogP contribution in [-0.2, 0) is 0 Å². The first-order valence-electron chi connectivity index (χ1n) is 6.34. The number of aryl methyl sites for hydroxylation is 1. The van der Waals surface area contributed by atoms with E-state index in [1.54, 1.807) is 14.0 Å². The predicted molar refractivity (Wildman–Crippen MR) is 80.9 cm³/mol. The minimum atomic E-state index is -0.535. The van der Waals surface area contributed by atoms with E-state index >= 15 is 0 Å². The van der Waals surface area contributed by atoms with Gasteiger partial charge in [0, 0.05) is 10.0 Å². The van der Waals surface area contributed by atoms with E-state index in [2.05, 4.69) is 21.2 Å². The summed E-state index contributed by atoms with van der Waals surface area (Å²) in [6, 6.07) is 7.90. The minimum absolute atomic E-state index is 0.0636. The van der Waals surface area contributed by atoms with Gasteiger partial charge in [0.15, 0.2) is 0 Å². The van der Waals surface area contributed by atoms with Crippen LogP contribution >= 0.6 is 15.9 Å². The van der Waals surface area contributed by atoms with Crippen LogP contribution in [0.3, 0.4) is 0 Å². The van der Waals surface area contributed by atoms with E-state index in [0.717, 1.165) is 15.6 Å². The van der Waals surface area contributed by atoms with Crippen molar-refractivity contribution in [3.63, 3.8) is 0 Å². The van der Waals surface area contributed by atoms with Gasteiger partial charge in [-0.3, -0.25) is 0 Å². The molecule has 0 heterocycles. The van der Waals surface area contributed by atoms with Gasteiger partial charge in [0.1, 0.15) is 11.6 Å². The fourth-order valence-electron chi connectivity index (χ4n) is 2.34. The highest BCUT2D eigenvalue weighted by Gasteiger charge is 2.23. The van der Waals surface area contributed by atoms with E-state index in [1.165, 1.54) is 12.1 Å². The lowest BCUT2D eigenvalue weighted by molar-refractivity contribution is 0.517. The van der Waals surface area contributed by atoms with Crippen LogP contribution in [0.1, 0.15) is 28.3 Å². The van der Waals surface area contributed by atoms with Gasteiger partial charge in [-0.15, -0.1) is 0 Å².